The van der Waals surface area contributed by atoms with E-state index in [0.717, 1.165) is 15.9 Å². The van der Waals surface area contributed by atoms with Crippen LogP contribution in [0.2, 0.25) is 0 Å². The lowest BCUT2D eigenvalue weighted by atomic mass is 9.97. The second-order valence-electron chi connectivity index (χ2n) is 8.13. The third kappa shape index (κ3) is 4.14. The highest BCUT2D eigenvalue weighted by Crippen LogP contribution is 2.43. The Bertz CT molecular complexity index is 1310. The molecule has 2 atom stereocenters. The van der Waals surface area contributed by atoms with Gasteiger partial charge in [-0.15, -0.1) is 0 Å². The molecule has 3 heterocycles. The van der Waals surface area contributed by atoms with Gasteiger partial charge >= 0.3 is 6.18 Å². The number of amides is 1. The number of halogens is 3. The van der Waals surface area contributed by atoms with Crippen molar-refractivity contribution in [3.05, 3.63) is 89.7 Å². The SMILES string of the molecule is Cc1cc(NC(=O)c2cc3n(n2)C(C(F)(F)F)CC(c2ccccc2)N3)n(-c2ccccc2)n1. The summed E-state index contributed by atoms with van der Waals surface area (Å²) in [4.78, 5) is 13.0. The monoisotopic (exact) mass is 466 g/mol. The second-order valence-corrected chi connectivity index (χ2v) is 8.13. The lowest BCUT2D eigenvalue weighted by Gasteiger charge is -2.33. The number of benzene rings is 2. The Morgan fingerprint density at radius 3 is 2.38 bits per heavy atom. The Balaban J connectivity index is 1.45. The van der Waals surface area contributed by atoms with Crippen molar-refractivity contribution in [2.75, 3.05) is 10.6 Å². The molecule has 0 spiro atoms. The Morgan fingerprint density at radius 1 is 1.03 bits per heavy atom. The Hall–Kier alpha value is -4.08. The highest BCUT2D eigenvalue weighted by atomic mass is 19.4. The molecule has 2 aromatic carbocycles. The number of hydrogen-bond donors (Lipinski definition) is 2. The highest BCUT2D eigenvalue weighted by Gasteiger charge is 2.46. The van der Waals surface area contributed by atoms with Crippen LogP contribution in [0.25, 0.3) is 5.69 Å². The summed E-state index contributed by atoms with van der Waals surface area (Å²) >= 11 is 0. The molecule has 174 valence electrons. The first-order valence-corrected chi connectivity index (χ1v) is 10.7. The number of fused-ring (bicyclic) bond motifs is 1. The number of nitrogens with zero attached hydrogens (tertiary/aromatic N) is 4. The standard InChI is InChI=1S/C24H21F3N6O/c1-15-12-21(32(30-15)17-10-6-3-7-11-17)29-23(34)19-14-22-28-18(16-8-4-2-5-9-16)13-20(24(25,26)27)33(22)31-19/h2-12,14,18,20,28H,13H2,1H3,(H,29,34). The van der Waals surface area contributed by atoms with Crippen LogP contribution in [0.3, 0.4) is 0 Å². The summed E-state index contributed by atoms with van der Waals surface area (Å²) in [5, 5.41) is 14.2. The molecule has 2 aromatic heterocycles. The first-order valence-electron chi connectivity index (χ1n) is 10.7. The van der Waals surface area contributed by atoms with Crippen LogP contribution in [0.5, 0.6) is 0 Å². The minimum atomic E-state index is -4.52. The molecule has 1 aliphatic rings. The number of anilines is 2. The number of para-hydroxylation sites is 1. The van der Waals surface area contributed by atoms with Gasteiger partial charge in [-0.1, -0.05) is 48.5 Å². The van der Waals surface area contributed by atoms with E-state index in [0.29, 0.717) is 11.5 Å². The molecule has 0 radical (unpaired) electrons. The molecule has 2 unspecified atom stereocenters. The summed E-state index contributed by atoms with van der Waals surface area (Å²) in [5.74, 6) is -0.0968. The lowest BCUT2D eigenvalue weighted by Crippen LogP contribution is -2.35. The number of aryl methyl sites for hydroxylation is 1. The van der Waals surface area contributed by atoms with Crippen LogP contribution in [-0.4, -0.2) is 31.6 Å². The molecule has 1 amide bonds. The van der Waals surface area contributed by atoms with Crippen LogP contribution >= 0.6 is 0 Å². The van der Waals surface area contributed by atoms with Gasteiger partial charge in [0.2, 0.25) is 0 Å². The van der Waals surface area contributed by atoms with Gasteiger partial charge in [0.1, 0.15) is 11.6 Å². The Labute approximate surface area is 193 Å². The fourth-order valence-electron chi connectivity index (χ4n) is 4.12. The first kappa shape index (κ1) is 21.7. The molecule has 0 saturated heterocycles. The van der Waals surface area contributed by atoms with Gasteiger partial charge in [0, 0.05) is 18.6 Å². The van der Waals surface area contributed by atoms with E-state index in [-0.39, 0.29) is 17.9 Å². The number of nitrogens with one attached hydrogen (secondary N) is 2. The zero-order chi connectivity index (χ0) is 23.9. The summed E-state index contributed by atoms with van der Waals surface area (Å²) in [6.07, 6.45) is -4.75. The van der Waals surface area contributed by atoms with Gasteiger partial charge in [0.05, 0.1) is 17.4 Å². The zero-order valence-electron chi connectivity index (χ0n) is 18.1. The van der Waals surface area contributed by atoms with Crippen LogP contribution in [-0.2, 0) is 0 Å². The van der Waals surface area contributed by atoms with Crippen molar-refractivity contribution in [1.82, 2.24) is 19.6 Å². The third-order valence-corrected chi connectivity index (χ3v) is 5.70. The average molecular weight is 466 g/mol. The number of carbonyl (C=O) groups is 1. The Morgan fingerprint density at radius 2 is 1.71 bits per heavy atom. The number of alkyl halides is 3. The van der Waals surface area contributed by atoms with E-state index >= 15 is 0 Å². The van der Waals surface area contributed by atoms with Gasteiger partial charge in [-0.3, -0.25) is 4.79 Å². The van der Waals surface area contributed by atoms with Gasteiger partial charge in [0.25, 0.3) is 5.91 Å². The van der Waals surface area contributed by atoms with E-state index in [1.54, 1.807) is 41.9 Å². The molecule has 10 heteroatoms. The van der Waals surface area contributed by atoms with Gasteiger partial charge < -0.3 is 10.6 Å². The lowest BCUT2D eigenvalue weighted by molar-refractivity contribution is -0.173. The van der Waals surface area contributed by atoms with Crippen molar-refractivity contribution < 1.29 is 18.0 Å². The number of carbonyl (C=O) groups excluding carboxylic acids is 1. The van der Waals surface area contributed by atoms with E-state index in [1.165, 1.54) is 6.07 Å². The molecule has 7 nitrogen and oxygen atoms in total. The zero-order valence-corrected chi connectivity index (χ0v) is 18.1. The molecular formula is C24H21F3N6O. The predicted molar refractivity (Wildman–Crippen MR) is 121 cm³/mol. The van der Waals surface area contributed by atoms with Gasteiger partial charge in [-0.05, 0) is 24.6 Å². The van der Waals surface area contributed by atoms with Crippen LogP contribution in [0, 0.1) is 6.92 Å². The molecule has 34 heavy (non-hydrogen) atoms. The molecule has 2 N–H and O–H groups in total. The smallest absolute Gasteiger partial charge is 0.363 e. The van der Waals surface area contributed by atoms with Crippen molar-refractivity contribution in [2.24, 2.45) is 0 Å². The van der Waals surface area contributed by atoms with Crippen molar-refractivity contribution in [3.8, 4) is 5.69 Å². The average Bonchev–Trinajstić information content (AvgIpc) is 3.42. The molecular weight excluding hydrogens is 445 g/mol. The van der Waals surface area contributed by atoms with Gasteiger partial charge in [0.15, 0.2) is 11.7 Å². The second kappa shape index (κ2) is 8.36. The van der Waals surface area contributed by atoms with E-state index in [9.17, 15) is 18.0 Å². The first-order chi connectivity index (χ1) is 16.3. The minimum absolute atomic E-state index is 0.121. The topological polar surface area (TPSA) is 76.8 Å². The quantitative estimate of drug-likeness (QED) is 0.429. The van der Waals surface area contributed by atoms with Crippen molar-refractivity contribution in [2.45, 2.75) is 31.6 Å². The van der Waals surface area contributed by atoms with E-state index in [1.807, 2.05) is 36.4 Å². The maximum absolute atomic E-state index is 13.9. The molecule has 1 aliphatic heterocycles. The molecule has 4 aromatic rings. The Kier molecular flexibility index (Phi) is 5.35. The number of hydrogen-bond acceptors (Lipinski definition) is 4. The maximum Gasteiger partial charge on any atom is 0.410 e. The fraction of sp³-hybridized carbons (Fsp3) is 0.208. The van der Waals surface area contributed by atoms with Crippen LogP contribution in [0.15, 0.2) is 72.8 Å². The van der Waals surface area contributed by atoms with Crippen LogP contribution in [0.1, 0.15) is 40.3 Å². The molecule has 0 saturated carbocycles. The number of aromatic nitrogens is 4. The predicted octanol–water partition coefficient (Wildman–Crippen LogP) is 5.29. The molecule has 0 aliphatic carbocycles. The molecule has 0 bridgehead atoms. The molecule has 5 rings (SSSR count). The van der Waals surface area contributed by atoms with Crippen LogP contribution in [0.4, 0.5) is 24.8 Å². The van der Waals surface area contributed by atoms with Crippen molar-refractivity contribution in [3.63, 3.8) is 0 Å². The summed E-state index contributed by atoms with van der Waals surface area (Å²) in [7, 11) is 0. The number of rotatable bonds is 4. The van der Waals surface area contributed by atoms with E-state index < -0.39 is 24.2 Å². The fourth-order valence-corrected chi connectivity index (χ4v) is 4.12. The van der Waals surface area contributed by atoms with Crippen LogP contribution < -0.4 is 10.6 Å². The normalized spacial score (nSPS) is 17.6. The summed E-state index contributed by atoms with van der Waals surface area (Å²) in [5.41, 5.74) is 2.02. The highest BCUT2D eigenvalue weighted by molar-refractivity contribution is 6.03. The van der Waals surface area contributed by atoms with E-state index in [2.05, 4.69) is 20.8 Å². The largest absolute Gasteiger partial charge is 0.410 e. The summed E-state index contributed by atoms with van der Waals surface area (Å²) < 4.78 is 44.1. The van der Waals surface area contributed by atoms with Gasteiger partial charge in [-0.25, -0.2) is 9.36 Å². The van der Waals surface area contributed by atoms with Gasteiger partial charge in [-0.2, -0.15) is 23.4 Å². The third-order valence-electron chi connectivity index (χ3n) is 5.70. The summed E-state index contributed by atoms with van der Waals surface area (Å²) in [6, 6.07) is 18.7. The summed E-state index contributed by atoms with van der Waals surface area (Å²) in [6.45, 7) is 1.78. The van der Waals surface area contributed by atoms with E-state index in [4.69, 9.17) is 0 Å². The van der Waals surface area contributed by atoms with Crippen molar-refractivity contribution in [1.29, 1.82) is 0 Å². The molecule has 0 fully saturated rings. The van der Waals surface area contributed by atoms with Crippen molar-refractivity contribution >= 4 is 17.5 Å². The minimum Gasteiger partial charge on any atom is -0.363 e. The maximum atomic E-state index is 13.9.